The molecule has 0 aliphatic carbocycles. The highest BCUT2D eigenvalue weighted by Crippen LogP contribution is 2.13. The van der Waals surface area contributed by atoms with Crippen molar-refractivity contribution in [3.05, 3.63) is 24.0 Å². The van der Waals surface area contributed by atoms with Gasteiger partial charge in [-0.25, -0.2) is 0 Å². The van der Waals surface area contributed by atoms with Gasteiger partial charge in [0.05, 0.1) is 6.54 Å². The lowest BCUT2D eigenvalue weighted by Gasteiger charge is -2.25. The molecule has 1 aliphatic heterocycles. The molecule has 0 aromatic carbocycles. The van der Waals surface area contributed by atoms with Gasteiger partial charge in [-0.2, -0.15) is 0 Å². The number of guanidine groups is 1. The largest absolute Gasteiger partial charge is 0.355 e. The minimum atomic E-state index is 0. The highest BCUT2D eigenvalue weighted by molar-refractivity contribution is 14.0. The summed E-state index contributed by atoms with van der Waals surface area (Å²) in [6, 6.07) is 4.86. The van der Waals surface area contributed by atoms with Crippen molar-refractivity contribution < 1.29 is 0 Å². The lowest BCUT2D eigenvalue weighted by Crippen LogP contribution is -2.44. The summed E-state index contributed by atoms with van der Waals surface area (Å²) in [6.45, 7) is 3.05. The van der Waals surface area contributed by atoms with Gasteiger partial charge >= 0.3 is 0 Å². The molecule has 1 saturated heterocycles. The van der Waals surface area contributed by atoms with E-state index in [1.165, 1.54) is 25.1 Å². The van der Waals surface area contributed by atoms with E-state index in [0.717, 1.165) is 19.0 Å². The summed E-state index contributed by atoms with van der Waals surface area (Å²) < 4.78 is 2.15. The molecule has 1 fully saturated rings. The first-order valence-corrected chi connectivity index (χ1v) is 7.34. The molecule has 0 saturated carbocycles. The first kappa shape index (κ1) is 18.3. The molecule has 6 heteroatoms. The minimum absolute atomic E-state index is 0. The van der Waals surface area contributed by atoms with Crippen molar-refractivity contribution in [3.63, 3.8) is 0 Å². The summed E-state index contributed by atoms with van der Waals surface area (Å²) in [5.41, 5.74) is 1.29. The van der Waals surface area contributed by atoms with Gasteiger partial charge in [-0.3, -0.25) is 4.99 Å². The summed E-state index contributed by atoms with van der Waals surface area (Å²) in [6.07, 6.45) is 4.66. The Labute approximate surface area is 145 Å². The van der Waals surface area contributed by atoms with Gasteiger partial charge < -0.3 is 19.7 Å². The normalized spacial score (nSPS) is 19.4. The van der Waals surface area contributed by atoms with E-state index in [0.29, 0.717) is 6.04 Å². The zero-order valence-electron chi connectivity index (χ0n) is 13.5. The molecule has 0 amide bonds. The fraction of sp³-hybridized carbons (Fsp3) is 0.667. The zero-order valence-corrected chi connectivity index (χ0v) is 15.9. The van der Waals surface area contributed by atoms with Crippen molar-refractivity contribution in [2.45, 2.75) is 25.4 Å². The van der Waals surface area contributed by atoms with Crippen LogP contribution in [-0.2, 0) is 13.6 Å². The van der Waals surface area contributed by atoms with Crippen LogP contribution < -0.4 is 5.32 Å². The average molecular weight is 405 g/mol. The number of likely N-dealkylation sites (tertiary alicyclic amines) is 1. The topological polar surface area (TPSA) is 35.8 Å². The SMILES string of the molecule is CN=C(NCC1CCCN1C)N(C)Cc1cccn1C.I. The smallest absolute Gasteiger partial charge is 0.193 e. The number of rotatable bonds is 4. The summed E-state index contributed by atoms with van der Waals surface area (Å²) in [7, 11) is 8.21. The van der Waals surface area contributed by atoms with E-state index in [2.05, 4.69) is 64.1 Å². The zero-order chi connectivity index (χ0) is 14.5. The molecule has 120 valence electrons. The van der Waals surface area contributed by atoms with Crippen LogP contribution >= 0.6 is 24.0 Å². The molecule has 5 nitrogen and oxygen atoms in total. The molecule has 1 aromatic rings. The van der Waals surface area contributed by atoms with Crippen LogP contribution in [0.1, 0.15) is 18.5 Å². The Balaban J connectivity index is 0.00000220. The Morgan fingerprint density at radius 2 is 2.24 bits per heavy atom. The number of aryl methyl sites for hydroxylation is 1. The van der Waals surface area contributed by atoms with Gasteiger partial charge in [0, 0.05) is 45.6 Å². The van der Waals surface area contributed by atoms with Crippen molar-refractivity contribution >= 4 is 29.9 Å². The standard InChI is InChI=1S/C15H27N5.HI/c1-16-15(17-11-13-7-5-9-18(13)2)20(4)12-14-8-6-10-19(14)3;/h6,8,10,13H,5,7,9,11-12H2,1-4H3,(H,16,17);1H. The third-order valence-electron chi connectivity index (χ3n) is 4.19. The molecular formula is C15H28IN5. The van der Waals surface area contributed by atoms with E-state index in [4.69, 9.17) is 0 Å². The molecule has 2 rings (SSSR count). The van der Waals surface area contributed by atoms with Crippen molar-refractivity contribution in [1.82, 2.24) is 19.7 Å². The second-order valence-corrected chi connectivity index (χ2v) is 5.67. The Kier molecular flexibility index (Phi) is 7.51. The van der Waals surface area contributed by atoms with Crippen LogP contribution in [0.4, 0.5) is 0 Å². The van der Waals surface area contributed by atoms with Gasteiger partial charge in [0.15, 0.2) is 5.96 Å². The third kappa shape index (κ3) is 4.88. The number of aliphatic imine (C=N–C) groups is 1. The maximum atomic E-state index is 4.39. The van der Waals surface area contributed by atoms with Gasteiger partial charge in [0.1, 0.15) is 0 Å². The van der Waals surface area contributed by atoms with Crippen molar-refractivity contribution in [2.75, 3.05) is 34.2 Å². The fourth-order valence-corrected chi connectivity index (χ4v) is 2.81. The van der Waals surface area contributed by atoms with E-state index in [1.807, 2.05) is 7.05 Å². The number of likely N-dealkylation sites (N-methyl/N-ethyl adjacent to an activating group) is 1. The average Bonchev–Trinajstić information content (AvgIpc) is 3.00. The number of nitrogens with zero attached hydrogens (tertiary/aromatic N) is 4. The van der Waals surface area contributed by atoms with Crippen LogP contribution in [0.2, 0.25) is 0 Å². The van der Waals surface area contributed by atoms with Gasteiger partial charge in [0.25, 0.3) is 0 Å². The number of nitrogens with one attached hydrogen (secondary N) is 1. The van der Waals surface area contributed by atoms with Crippen LogP contribution in [0.15, 0.2) is 23.3 Å². The molecular weight excluding hydrogens is 377 g/mol. The Morgan fingerprint density at radius 3 is 2.76 bits per heavy atom. The number of hydrogen-bond acceptors (Lipinski definition) is 2. The van der Waals surface area contributed by atoms with Crippen LogP contribution in [0.25, 0.3) is 0 Å². The molecule has 1 N–H and O–H groups in total. The molecule has 21 heavy (non-hydrogen) atoms. The number of hydrogen-bond donors (Lipinski definition) is 1. The summed E-state index contributed by atoms with van der Waals surface area (Å²) >= 11 is 0. The molecule has 1 unspecified atom stereocenters. The summed E-state index contributed by atoms with van der Waals surface area (Å²) in [5.74, 6) is 0.964. The lowest BCUT2D eigenvalue weighted by atomic mass is 10.2. The maximum Gasteiger partial charge on any atom is 0.193 e. The first-order chi connectivity index (χ1) is 9.61. The van der Waals surface area contributed by atoms with E-state index in [9.17, 15) is 0 Å². The predicted octanol–water partition coefficient (Wildman–Crippen LogP) is 1.74. The third-order valence-corrected chi connectivity index (χ3v) is 4.19. The Bertz CT molecular complexity index is 457. The molecule has 0 spiro atoms. The number of aromatic nitrogens is 1. The summed E-state index contributed by atoms with van der Waals surface area (Å²) in [4.78, 5) is 8.99. The molecule has 0 bridgehead atoms. The van der Waals surface area contributed by atoms with Crippen molar-refractivity contribution in [2.24, 2.45) is 12.0 Å². The van der Waals surface area contributed by atoms with Crippen LogP contribution in [0.3, 0.4) is 0 Å². The Hall–Kier alpha value is -0.760. The minimum Gasteiger partial charge on any atom is -0.355 e. The van der Waals surface area contributed by atoms with Crippen molar-refractivity contribution in [3.8, 4) is 0 Å². The molecule has 0 radical (unpaired) electrons. The number of halogens is 1. The first-order valence-electron chi connectivity index (χ1n) is 7.34. The van der Waals surface area contributed by atoms with Gasteiger partial charge in [-0.1, -0.05) is 0 Å². The van der Waals surface area contributed by atoms with E-state index < -0.39 is 0 Å². The molecule has 2 heterocycles. The van der Waals surface area contributed by atoms with Crippen LogP contribution in [0, 0.1) is 0 Å². The second kappa shape index (κ2) is 8.63. The van der Waals surface area contributed by atoms with Gasteiger partial charge in [-0.05, 0) is 38.6 Å². The maximum absolute atomic E-state index is 4.39. The van der Waals surface area contributed by atoms with E-state index in [-0.39, 0.29) is 24.0 Å². The monoisotopic (exact) mass is 405 g/mol. The van der Waals surface area contributed by atoms with Crippen LogP contribution in [0.5, 0.6) is 0 Å². The fourth-order valence-electron chi connectivity index (χ4n) is 2.81. The van der Waals surface area contributed by atoms with Gasteiger partial charge in [-0.15, -0.1) is 24.0 Å². The van der Waals surface area contributed by atoms with Gasteiger partial charge in [0.2, 0.25) is 0 Å². The lowest BCUT2D eigenvalue weighted by molar-refractivity contribution is 0.306. The predicted molar refractivity (Wildman–Crippen MR) is 99.3 cm³/mol. The summed E-state index contributed by atoms with van der Waals surface area (Å²) in [5, 5.41) is 3.50. The quantitative estimate of drug-likeness (QED) is 0.471. The molecule has 1 aliphatic rings. The van der Waals surface area contributed by atoms with E-state index >= 15 is 0 Å². The van der Waals surface area contributed by atoms with Crippen LogP contribution in [-0.4, -0.2) is 60.6 Å². The Morgan fingerprint density at radius 1 is 1.48 bits per heavy atom. The van der Waals surface area contributed by atoms with Crippen molar-refractivity contribution in [1.29, 1.82) is 0 Å². The molecule has 1 aromatic heterocycles. The highest BCUT2D eigenvalue weighted by Gasteiger charge is 2.21. The second-order valence-electron chi connectivity index (χ2n) is 5.67. The highest BCUT2D eigenvalue weighted by atomic mass is 127. The van der Waals surface area contributed by atoms with E-state index in [1.54, 1.807) is 0 Å². The molecule has 1 atom stereocenters.